The Morgan fingerprint density at radius 3 is 2.81 bits per heavy atom. The summed E-state index contributed by atoms with van der Waals surface area (Å²) in [7, 11) is 1.82. The molecule has 0 spiro atoms. The predicted octanol–water partition coefficient (Wildman–Crippen LogP) is 1.87. The molecule has 84 valence electrons. The first-order valence-electron chi connectivity index (χ1n) is 4.99. The van der Waals surface area contributed by atoms with Crippen LogP contribution in [0.2, 0.25) is 0 Å². The first kappa shape index (κ1) is 10.6. The molecule has 0 saturated heterocycles. The first-order chi connectivity index (χ1) is 7.65. The molecular weight excluding hydrogens is 207 g/mol. The number of aryl methyl sites for hydroxylation is 2. The van der Waals surface area contributed by atoms with Gasteiger partial charge in [0, 0.05) is 12.7 Å². The normalized spacial score (nSPS) is 10.4. The van der Waals surface area contributed by atoms with Gasteiger partial charge in [0.1, 0.15) is 18.0 Å². The Bertz CT molecular complexity index is 472. The van der Waals surface area contributed by atoms with Crippen LogP contribution in [0.5, 0.6) is 0 Å². The summed E-state index contributed by atoms with van der Waals surface area (Å²) in [6.07, 6.45) is 1.49. The summed E-state index contributed by atoms with van der Waals surface area (Å²) in [4.78, 5) is 4.07. The van der Waals surface area contributed by atoms with Gasteiger partial charge in [0.25, 0.3) is 0 Å². The minimum absolute atomic E-state index is 0.236. The molecule has 0 atom stereocenters. The Kier molecular flexibility index (Phi) is 2.85. The van der Waals surface area contributed by atoms with Gasteiger partial charge in [-0.2, -0.15) is 5.10 Å². The lowest BCUT2D eigenvalue weighted by Crippen LogP contribution is -2.07. The van der Waals surface area contributed by atoms with Crippen molar-refractivity contribution in [3.8, 4) is 0 Å². The van der Waals surface area contributed by atoms with Gasteiger partial charge >= 0.3 is 0 Å². The molecule has 0 unspecified atom stereocenters. The fourth-order valence-corrected chi connectivity index (χ4v) is 1.50. The van der Waals surface area contributed by atoms with Crippen LogP contribution >= 0.6 is 0 Å². The van der Waals surface area contributed by atoms with E-state index in [0.29, 0.717) is 6.54 Å². The van der Waals surface area contributed by atoms with Crippen LogP contribution in [-0.4, -0.2) is 14.8 Å². The molecule has 0 saturated carbocycles. The van der Waals surface area contributed by atoms with Crippen molar-refractivity contribution in [2.45, 2.75) is 13.5 Å². The zero-order valence-electron chi connectivity index (χ0n) is 9.24. The molecule has 1 aromatic heterocycles. The maximum atomic E-state index is 13.1. The molecule has 2 aromatic rings. The van der Waals surface area contributed by atoms with Crippen molar-refractivity contribution in [1.82, 2.24) is 14.8 Å². The average molecular weight is 220 g/mol. The molecule has 0 radical (unpaired) electrons. The molecule has 0 bridgehead atoms. The molecule has 5 heteroatoms. The summed E-state index contributed by atoms with van der Waals surface area (Å²) in [5, 5.41) is 7.06. The molecule has 0 aliphatic heterocycles. The van der Waals surface area contributed by atoms with Crippen LogP contribution < -0.4 is 5.32 Å². The van der Waals surface area contributed by atoms with E-state index in [2.05, 4.69) is 15.4 Å². The first-order valence-corrected chi connectivity index (χ1v) is 4.99. The molecule has 0 fully saturated rings. The van der Waals surface area contributed by atoms with Crippen LogP contribution in [0.4, 0.5) is 10.1 Å². The van der Waals surface area contributed by atoms with E-state index < -0.39 is 0 Å². The highest BCUT2D eigenvalue weighted by Gasteiger charge is 2.01. The predicted molar refractivity (Wildman–Crippen MR) is 59.5 cm³/mol. The summed E-state index contributed by atoms with van der Waals surface area (Å²) < 4.78 is 14.8. The van der Waals surface area contributed by atoms with E-state index >= 15 is 0 Å². The van der Waals surface area contributed by atoms with E-state index in [0.717, 1.165) is 17.1 Å². The molecule has 2 rings (SSSR count). The van der Waals surface area contributed by atoms with Gasteiger partial charge in [-0.25, -0.2) is 9.37 Å². The summed E-state index contributed by atoms with van der Waals surface area (Å²) in [5.41, 5.74) is 1.64. The average Bonchev–Trinajstić information content (AvgIpc) is 2.59. The maximum Gasteiger partial charge on any atom is 0.145 e. The van der Waals surface area contributed by atoms with E-state index in [9.17, 15) is 4.39 Å². The zero-order valence-corrected chi connectivity index (χ0v) is 9.24. The second-order valence-corrected chi connectivity index (χ2v) is 3.67. The number of anilines is 1. The van der Waals surface area contributed by atoms with Crippen molar-refractivity contribution in [1.29, 1.82) is 0 Å². The van der Waals surface area contributed by atoms with Gasteiger partial charge in [-0.1, -0.05) is 0 Å². The second kappa shape index (κ2) is 4.30. The molecule has 4 nitrogen and oxygen atoms in total. The molecule has 0 amide bonds. The number of hydrogen-bond donors (Lipinski definition) is 1. The van der Waals surface area contributed by atoms with E-state index in [1.165, 1.54) is 18.5 Å². The lowest BCUT2D eigenvalue weighted by Gasteiger charge is -2.06. The maximum absolute atomic E-state index is 13.1. The number of aromatic nitrogens is 3. The number of nitrogens with zero attached hydrogens (tertiary/aromatic N) is 3. The van der Waals surface area contributed by atoms with Crippen LogP contribution in [-0.2, 0) is 13.6 Å². The van der Waals surface area contributed by atoms with Gasteiger partial charge in [0.05, 0.1) is 6.54 Å². The number of halogens is 1. The molecule has 1 heterocycles. The quantitative estimate of drug-likeness (QED) is 0.858. The van der Waals surface area contributed by atoms with Crippen molar-refractivity contribution >= 4 is 5.69 Å². The molecule has 1 aromatic carbocycles. The fraction of sp³-hybridized carbons (Fsp3) is 0.273. The van der Waals surface area contributed by atoms with Gasteiger partial charge in [0.2, 0.25) is 0 Å². The van der Waals surface area contributed by atoms with Crippen LogP contribution in [0.25, 0.3) is 0 Å². The smallest absolute Gasteiger partial charge is 0.145 e. The van der Waals surface area contributed by atoms with Crippen molar-refractivity contribution in [3.05, 3.63) is 41.7 Å². The van der Waals surface area contributed by atoms with Gasteiger partial charge < -0.3 is 5.32 Å². The molecule has 16 heavy (non-hydrogen) atoms. The van der Waals surface area contributed by atoms with Gasteiger partial charge in [-0.3, -0.25) is 4.68 Å². The van der Waals surface area contributed by atoms with Gasteiger partial charge in [-0.15, -0.1) is 0 Å². The second-order valence-electron chi connectivity index (χ2n) is 3.67. The summed E-state index contributed by atoms with van der Waals surface area (Å²) >= 11 is 0. The molecule has 0 aliphatic rings. The van der Waals surface area contributed by atoms with E-state index in [-0.39, 0.29) is 5.82 Å². The SMILES string of the molecule is Cc1cc(F)cc(NCc2ncnn2C)c1. The zero-order chi connectivity index (χ0) is 11.5. The van der Waals surface area contributed by atoms with E-state index in [4.69, 9.17) is 0 Å². The summed E-state index contributed by atoms with van der Waals surface area (Å²) in [6, 6.07) is 4.84. The number of benzene rings is 1. The standard InChI is InChI=1S/C11H13FN4/c1-8-3-9(12)5-10(4-8)13-6-11-14-7-15-16(11)2/h3-5,7,13H,6H2,1-2H3. The summed E-state index contributed by atoms with van der Waals surface area (Å²) in [5.74, 6) is 0.572. The minimum Gasteiger partial charge on any atom is -0.378 e. The third-order valence-corrected chi connectivity index (χ3v) is 2.30. The summed E-state index contributed by atoms with van der Waals surface area (Å²) in [6.45, 7) is 2.38. The van der Waals surface area contributed by atoms with E-state index in [1.54, 1.807) is 4.68 Å². The lowest BCUT2D eigenvalue weighted by atomic mass is 10.2. The Balaban J connectivity index is 2.07. The van der Waals surface area contributed by atoms with E-state index in [1.807, 2.05) is 20.0 Å². The minimum atomic E-state index is -0.236. The van der Waals surface area contributed by atoms with Crippen LogP contribution in [0, 0.1) is 12.7 Å². The monoisotopic (exact) mass is 220 g/mol. The number of nitrogens with one attached hydrogen (secondary N) is 1. The van der Waals surface area contributed by atoms with Crippen LogP contribution in [0.15, 0.2) is 24.5 Å². The Morgan fingerprint density at radius 2 is 2.19 bits per heavy atom. The Hall–Kier alpha value is -1.91. The van der Waals surface area contributed by atoms with Crippen molar-refractivity contribution in [2.24, 2.45) is 7.05 Å². The topological polar surface area (TPSA) is 42.7 Å². The highest BCUT2D eigenvalue weighted by atomic mass is 19.1. The lowest BCUT2D eigenvalue weighted by molar-refractivity contribution is 0.627. The highest BCUT2D eigenvalue weighted by molar-refractivity contribution is 5.45. The highest BCUT2D eigenvalue weighted by Crippen LogP contribution is 2.13. The number of rotatable bonds is 3. The molecular formula is C11H13FN4. The van der Waals surface area contributed by atoms with Crippen LogP contribution in [0.1, 0.15) is 11.4 Å². The van der Waals surface area contributed by atoms with Gasteiger partial charge in [-0.05, 0) is 30.7 Å². The van der Waals surface area contributed by atoms with Crippen molar-refractivity contribution in [3.63, 3.8) is 0 Å². The third-order valence-electron chi connectivity index (χ3n) is 2.30. The van der Waals surface area contributed by atoms with Crippen molar-refractivity contribution in [2.75, 3.05) is 5.32 Å². The van der Waals surface area contributed by atoms with Crippen LogP contribution in [0.3, 0.4) is 0 Å². The van der Waals surface area contributed by atoms with Gasteiger partial charge in [0.15, 0.2) is 0 Å². The third kappa shape index (κ3) is 2.36. The molecule has 1 N–H and O–H groups in total. The Morgan fingerprint density at radius 1 is 1.38 bits per heavy atom. The number of hydrogen-bond acceptors (Lipinski definition) is 3. The van der Waals surface area contributed by atoms with Crippen molar-refractivity contribution < 1.29 is 4.39 Å². The Labute approximate surface area is 93.1 Å². The largest absolute Gasteiger partial charge is 0.378 e. The fourth-order valence-electron chi connectivity index (χ4n) is 1.50. The molecule has 0 aliphatic carbocycles.